The van der Waals surface area contributed by atoms with Crippen LogP contribution in [0.4, 0.5) is 5.00 Å². The number of nitrogens with one attached hydrogen (secondary N) is 1. The summed E-state index contributed by atoms with van der Waals surface area (Å²) in [6.45, 7) is 8.38. The zero-order valence-electron chi connectivity index (χ0n) is 21.3. The molecule has 0 saturated heterocycles. The molecule has 0 atom stereocenters. The summed E-state index contributed by atoms with van der Waals surface area (Å²) >= 11 is 2.60. The van der Waals surface area contributed by atoms with E-state index in [0.717, 1.165) is 33.8 Å². The molecule has 0 unspecified atom stereocenters. The number of nitrogens with zero attached hydrogens (tertiary/aromatic N) is 4. The maximum Gasteiger partial charge on any atom is 0.341 e. The van der Waals surface area contributed by atoms with E-state index in [1.54, 1.807) is 6.08 Å². The number of carbonyl (C=O) groups excluding carboxylic acids is 2. The number of aromatic nitrogens is 4. The maximum atomic E-state index is 12.9. The maximum absolute atomic E-state index is 12.9. The molecule has 0 fully saturated rings. The standard InChI is InChI=1S/C27H29N5O3S2/c1-6-11-32-22(14-19-8-7-12-31(19)4)29-30-27(32)37-16-23(33)28-25-24(26(34)35-5)21(15-36-25)20-13-17(2)9-10-18(20)3/h6-10,12-13,15H,1,11,14,16H2,2-5H3,(H,28,33). The number of hydrogen-bond donors (Lipinski definition) is 1. The molecule has 0 bridgehead atoms. The van der Waals surface area contributed by atoms with E-state index < -0.39 is 5.97 Å². The second-order valence-corrected chi connectivity index (χ2v) is 10.4. The lowest BCUT2D eigenvalue weighted by molar-refractivity contribution is -0.113. The summed E-state index contributed by atoms with van der Waals surface area (Å²) in [5.74, 6) is 0.170. The molecule has 4 rings (SSSR count). The van der Waals surface area contributed by atoms with Gasteiger partial charge < -0.3 is 19.2 Å². The topological polar surface area (TPSA) is 91.0 Å². The lowest BCUT2D eigenvalue weighted by Gasteiger charge is -2.10. The second kappa shape index (κ2) is 11.6. The molecule has 37 heavy (non-hydrogen) atoms. The van der Waals surface area contributed by atoms with Crippen LogP contribution in [-0.2, 0) is 29.5 Å². The average Bonchev–Trinajstić information content (AvgIpc) is 3.59. The highest BCUT2D eigenvalue weighted by Crippen LogP contribution is 2.38. The van der Waals surface area contributed by atoms with E-state index in [4.69, 9.17) is 4.74 Å². The Morgan fingerprint density at radius 3 is 2.73 bits per heavy atom. The van der Waals surface area contributed by atoms with Crippen LogP contribution in [0.5, 0.6) is 0 Å². The van der Waals surface area contributed by atoms with Gasteiger partial charge >= 0.3 is 5.97 Å². The van der Waals surface area contributed by atoms with Crippen molar-refractivity contribution in [1.29, 1.82) is 0 Å². The Bertz CT molecular complexity index is 1450. The Morgan fingerprint density at radius 2 is 2.03 bits per heavy atom. The summed E-state index contributed by atoms with van der Waals surface area (Å²) < 4.78 is 9.05. The van der Waals surface area contributed by atoms with Gasteiger partial charge in [0.2, 0.25) is 5.91 Å². The molecule has 0 aliphatic carbocycles. The van der Waals surface area contributed by atoms with Crippen LogP contribution in [0.3, 0.4) is 0 Å². The largest absolute Gasteiger partial charge is 0.465 e. The van der Waals surface area contributed by atoms with Crippen LogP contribution in [0.2, 0.25) is 0 Å². The van der Waals surface area contributed by atoms with Crippen LogP contribution in [0.15, 0.2) is 59.7 Å². The molecular formula is C27H29N5O3S2. The molecule has 1 amide bonds. The van der Waals surface area contributed by atoms with Crippen molar-refractivity contribution in [1.82, 2.24) is 19.3 Å². The first kappa shape index (κ1) is 26.4. The highest BCUT2D eigenvalue weighted by molar-refractivity contribution is 7.99. The van der Waals surface area contributed by atoms with Crippen molar-refractivity contribution in [2.24, 2.45) is 7.05 Å². The van der Waals surface area contributed by atoms with E-state index in [1.807, 2.05) is 71.9 Å². The molecule has 0 aliphatic rings. The molecule has 0 saturated carbocycles. The molecule has 0 aliphatic heterocycles. The fourth-order valence-corrected chi connectivity index (χ4v) is 5.71. The molecule has 3 aromatic heterocycles. The summed E-state index contributed by atoms with van der Waals surface area (Å²) in [6, 6.07) is 10.1. The lowest BCUT2D eigenvalue weighted by atomic mass is 9.97. The Balaban J connectivity index is 1.51. The third kappa shape index (κ3) is 5.86. The molecule has 10 heteroatoms. The van der Waals surface area contributed by atoms with Crippen LogP contribution in [0.1, 0.15) is 33.0 Å². The van der Waals surface area contributed by atoms with E-state index in [2.05, 4.69) is 22.1 Å². The minimum Gasteiger partial charge on any atom is -0.465 e. The summed E-state index contributed by atoms with van der Waals surface area (Å²) in [7, 11) is 3.33. The van der Waals surface area contributed by atoms with Gasteiger partial charge in [-0.05, 0) is 37.1 Å². The number of benzene rings is 1. The Kier molecular flexibility index (Phi) is 8.30. The summed E-state index contributed by atoms with van der Waals surface area (Å²) in [5, 5.41) is 14.5. The molecule has 192 valence electrons. The van der Waals surface area contributed by atoms with Crippen molar-refractivity contribution in [2.45, 2.75) is 32.0 Å². The molecule has 1 aromatic carbocycles. The van der Waals surface area contributed by atoms with Gasteiger partial charge in [-0.25, -0.2) is 4.79 Å². The zero-order chi connectivity index (χ0) is 26.5. The van der Waals surface area contributed by atoms with Gasteiger partial charge in [0.1, 0.15) is 16.4 Å². The van der Waals surface area contributed by atoms with Crippen molar-refractivity contribution in [2.75, 3.05) is 18.2 Å². The Labute approximate surface area is 224 Å². The number of amides is 1. The van der Waals surface area contributed by atoms with E-state index in [9.17, 15) is 9.59 Å². The van der Waals surface area contributed by atoms with Gasteiger partial charge in [0.05, 0.1) is 12.9 Å². The first-order chi connectivity index (χ1) is 17.8. The van der Waals surface area contributed by atoms with Gasteiger partial charge in [-0.2, -0.15) is 0 Å². The zero-order valence-corrected chi connectivity index (χ0v) is 22.9. The summed E-state index contributed by atoms with van der Waals surface area (Å²) in [4.78, 5) is 25.6. The first-order valence-electron chi connectivity index (χ1n) is 11.7. The van der Waals surface area contributed by atoms with Crippen molar-refractivity contribution in [3.05, 3.63) is 82.8 Å². The van der Waals surface area contributed by atoms with Gasteiger partial charge in [-0.15, -0.1) is 28.1 Å². The van der Waals surface area contributed by atoms with Gasteiger partial charge in [0, 0.05) is 42.8 Å². The third-order valence-corrected chi connectivity index (χ3v) is 7.81. The predicted molar refractivity (Wildman–Crippen MR) is 148 cm³/mol. The minimum atomic E-state index is -0.490. The number of aryl methyl sites for hydroxylation is 3. The van der Waals surface area contributed by atoms with E-state index >= 15 is 0 Å². The quantitative estimate of drug-likeness (QED) is 0.169. The fourth-order valence-electron chi connectivity index (χ4n) is 3.98. The number of thioether (sulfide) groups is 1. The van der Waals surface area contributed by atoms with Gasteiger partial charge in [0.25, 0.3) is 0 Å². The third-order valence-electron chi connectivity index (χ3n) is 5.94. The van der Waals surface area contributed by atoms with Gasteiger partial charge in [0.15, 0.2) is 5.16 Å². The number of esters is 1. The molecular weight excluding hydrogens is 506 g/mol. The molecule has 0 spiro atoms. The SMILES string of the molecule is C=CCn1c(Cc2cccn2C)nnc1SCC(=O)Nc1scc(-c2cc(C)ccc2C)c1C(=O)OC. The number of ether oxygens (including phenoxy) is 1. The molecule has 3 heterocycles. The first-order valence-corrected chi connectivity index (χ1v) is 13.5. The fraction of sp³-hybridized carbons (Fsp3) is 0.259. The van der Waals surface area contributed by atoms with E-state index in [-0.39, 0.29) is 11.7 Å². The van der Waals surface area contributed by atoms with Crippen LogP contribution in [0.25, 0.3) is 11.1 Å². The number of anilines is 1. The molecule has 4 aromatic rings. The van der Waals surface area contributed by atoms with Crippen LogP contribution in [-0.4, -0.2) is 44.1 Å². The van der Waals surface area contributed by atoms with Crippen LogP contribution < -0.4 is 5.32 Å². The lowest BCUT2D eigenvalue weighted by Crippen LogP contribution is -2.16. The van der Waals surface area contributed by atoms with E-state index in [0.29, 0.717) is 28.7 Å². The van der Waals surface area contributed by atoms with Crippen molar-refractivity contribution in [3.63, 3.8) is 0 Å². The highest BCUT2D eigenvalue weighted by atomic mass is 32.2. The monoisotopic (exact) mass is 535 g/mol. The number of hydrogen-bond acceptors (Lipinski definition) is 7. The molecule has 0 radical (unpaired) electrons. The smallest absolute Gasteiger partial charge is 0.341 e. The highest BCUT2D eigenvalue weighted by Gasteiger charge is 2.24. The number of thiophene rings is 1. The minimum absolute atomic E-state index is 0.108. The van der Waals surface area contributed by atoms with E-state index in [1.165, 1.54) is 30.2 Å². The van der Waals surface area contributed by atoms with Gasteiger partial charge in [-0.1, -0.05) is 41.6 Å². The van der Waals surface area contributed by atoms with Gasteiger partial charge in [-0.3, -0.25) is 4.79 Å². The summed E-state index contributed by atoms with van der Waals surface area (Å²) in [5.41, 5.74) is 5.28. The number of allylic oxidation sites excluding steroid dienone is 1. The van der Waals surface area contributed by atoms with Crippen molar-refractivity contribution < 1.29 is 14.3 Å². The molecule has 8 nitrogen and oxygen atoms in total. The Hall–Kier alpha value is -3.63. The van der Waals surface area contributed by atoms with Crippen LogP contribution in [0, 0.1) is 13.8 Å². The van der Waals surface area contributed by atoms with Crippen molar-refractivity contribution in [3.8, 4) is 11.1 Å². The normalized spacial score (nSPS) is 10.9. The average molecular weight is 536 g/mol. The number of carbonyl (C=O) groups is 2. The Morgan fingerprint density at radius 1 is 1.22 bits per heavy atom. The second-order valence-electron chi connectivity index (χ2n) is 8.59. The predicted octanol–water partition coefficient (Wildman–Crippen LogP) is 5.26. The molecule has 1 N–H and O–H groups in total. The van der Waals surface area contributed by atoms with Crippen molar-refractivity contribution >= 4 is 40.0 Å². The van der Waals surface area contributed by atoms with Crippen LogP contribution >= 0.6 is 23.1 Å². The number of rotatable bonds is 10. The number of methoxy groups -OCH3 is 1. The summed E-state index contributed by atoms with van der Waals surface area (Å²) in [6.07, 6.45) is 4.39.